The third-order valence-electron chi connectivity index (χ3n) is 4.31. The molecule has 0 aliphatic carbocycles. The molecule has 23 heavy (non-hydrogen) atoms. The standard InChI is InChI=1S/C16H22N4O2S/c1-13-5-7-14(8-6-13)19-12-16(11-18-19)23(21,22)20-9-3-2-4-15(20)10-17/h5-8,11-12,15H,2-4,9-10,17H2,1H3. The van der Waals surface area contributed by atoms with Gasteiger partial charge in [0.15, 0.2) is 0 Å². The van der Waals surface area contributed by atoms with Crippen molar-refractivity contribution in [1.82, 2.24) is 14.1 Å². The van der Waals surface area contributed by atoms with Crippen LogP contribution < -0.4 is 5.73 Å². The average molecular weight is 334 g/mol. The summed E-state index contributed by atoms with van der Waals surface area (Å²) in [4.78, 5) is 0.221. The average Bonchev–Trinajstić information content (AvgIpc) is 3.06. The van der Waals surface area contributed by atoms with Crippen LogP contribution in [0.25, 0.3) is 5.69 Å². The summed E-state index contributed by atoms with van der Waals surface area (Å²) in [6.07, 6.45) is 5.71. The summed E-state index contributed by atoms with van der Waals surface area (Å²) >= 11 is 0. The van der Waals surface area contributed by atoms with Gasteiger partial charge in [-0.25, -0.2) is 13.1 Å². The molecule has 0 amide bonds. The van der Waals surface area contributed by atoms with E-state index in [9.17, 15) is 8.42 Å². The van der Waals surface area contributed by atoms with Gasteiger partial charge in [-0.3, -0.25) is 0 Å². The number of aromatic nitrogens is 2. The third kappa shape index (κ3) is 3.17. The van der Waals surface area contributed by atoms with E-state index in [4.69, 9.17) is 5.73 Å². The van der Waals surface area contributed by atoms with E-state index in [1.165, 1.54) is 10.5 Å². The van der Waals surface area contributed by atoms with Gasteiger partial charge in [0.2, 0.25) is 10.0 Å². The zero-order chi connectivity index (χ0) is 16.4. The van der Waals surface area contributed by atoms with Crippen molar-refractivity contribution in [3.05, 3.63) is 42.2 Å². The molecular formula is C16H22N4O2S. The Kier molecular flexibility index (Phi) is 4.52. The van der Waals surface area contributed by atoms with Crippen LogP contribution in [0.15, 0.2) is 41.6 Å². The van der Waals surface area contributed by atoms with Crippen molar-refractivity contribution in [2.75, 3.05) is 13.1 Å². The van der Waals surface area contributed by atoms with E-state index in [2.05, 4.69) is 5.10 Å². The molecule has 0 bridgehead atoms. The maximum atomic E-state index is 12.9. The van der Waals surface area contributed by atoms with Crippen molar-refractivity contribution >= 4 is 10.0 Å². The number of nitrogens with two attached hydrogens (primary N) is 1. The molecule has 2 N–H and O–H groups in total. The highest BCUT2D eigenvalue weighted by Gasteiger charge is 2.33. The number of sulfonamides is 1. The first-order valence-corrected chi connectivity index (χ1v) is 9.30. The van der Waals surface area contributed by atoms with Crippen LogP contribution in [0.3, 0.4) is 0 Å². The van der Waals surface area contributed by atoms with E-state index in [0.717, 1.165) is 30.5 Å². The Morgan fingerprint density at radius 1 is 1.26 bits per heavy atom. The van der Waals surface area contributed by atoms with Crippen LogP contribution in [0.4, 0.5) is 0 Å². The van der Waals surface area contributed by atoms with Gasteiger partial charge >= 0.3 is 0 Å². The van der Waals surface area contributed by atoms with E-state index in [-0.39, 0.29) is 10.9 Å². The molecule has 1 saturated heterocycles. The minimum Gasteiger partial charge on any atom is -0.329 e. The van der Waals surface area contributed by atoms with E-state index >= 15 is 0 Å². The lowest BCUT2D eigenvalue weighted by molar-refractivity contribution is 0.257. The van der Waals surface area contributed by atoms with E-state index in [1.54, 1.807) is 10.9 Å². The maximum Gasteiger partial charge on any atom is 0.246 e. The highest BCUT2D eigenvalue weighted by molar-refractivity contribution is 7.89. The predicted octanol–water partition coefficient (Wildman–Crippen LogP) is 1.68. The molecule has 0 saturated carbocycles. The lowest BCUT2D eigenvalue weighted by Gasteiger charge is -2.33. The second-order valence-corrected chi connectivity index (χ2v) is 7.85. The minimum atomic E-state index is -3.55. The molecule has 1 aliphatic heterocycles. The molecule has 6 nitrogen and oxygen atoms in total. The summed E-state index contributed by atoms with van der Waals surface area (Å²) in [6.45, 7) is 2.89. The molecule has 1 aromatic carbocycles. The van der Waals surface area contributed by atoms with Gasteiger partial charge in [0.1, 0.15) is 4.90 Å². The summed E-state index contributed by atoms with van der Waals surface area (Å²) in [6, 6.07) is 7.67. The fourth-order valence-corrected chi connectivity index (χ4v) is 4.58. The summed E-state index contributed by atoms with van der Waals surface area (Å²) in [5, 5.41) is 4.21. The molecule has 124 valence electrons. The Bertz CT molecular complexity index is 768. The second kappa shape index (κ2) is 6.43. The molecule has 1 aliphatic rings. The molecule has 1 fully saturated rings. The van der Waals surface area contributed by atoms with Crippen molar-refractivity contribution in [1.29, 1.82) is 0 Å². The van der Waals surface area contributed by atoms with Gasteiger partial charge in [0, 0.05) is 19.1 Å². The molecule has 0 radical (unpaired) electrons. The maximum absolute atomic E-state index is 12.9. The van der Waals surface area contributed by atoms with Gasteiger partial charge in [-0.05, 0) is 31.9 Å². The number of benzene rings is 1. The number of hydrogen-bond donors (Lipinski definition) is 1. The number of hydrogen-bond acceptors (Lipinski definition) is 4. The van der Waals surface area contributed by atoms with Gasteiger partial charge in [0.25, 0.3) is 0 Å². The van der Waals surface area contributed by atoms with Crippen molar-refractivity contribution in [3.8, 4) is 5.69 Å². The monoisotopic (exact) mass is 334 g/mol. The Hall–Kier alpha value is -1.70. The van der Waals surface area contributed by atoms with Gasteiger partial charge in [-0.15, -0.1) is 0 Å². The highest BCUT2D eigenvalue weighted by atomic mass is 32.2. The fourth-order valence-electron chi connectivity index (χ4n) is 2.94. The molecule has 2 heterocycles. The molecule has 2 aromatic rings. The van der Waals surface area contributed by atoms with Gasteiger partial charge in [0.05, 0.1) is 18.1 Å². The van der Waals surface area contributed by atoms with Gasteiger partial charge < -0.3 is 5.73 Å². The van der Waals surface area contributed by atoms with Crippen LogP contribution >= 0.6 is 0 Å². The van der Waals surface area contributed by atoms with Crippen molar-refractivity contribution in [2.24, 2.45) is 5.73 Å². The normalized spacial score (nSPS) is 19.8. The number of aryl methyl sites for hydroxylation is 1. The van der Waals surface area contributed by atoms with Crippen LogP contribution in [0.2, 0.25) is 0 Å². The molecule has 1 aromatic heterocycles. The number of rotatable bonds is 4. The van der Waals surface area contributed by atoms with Crippen LogP contribution in [0.5, 0.6) is 0 Å². The summed E-state index contributed by atoms with van der Waals surface area (Å²) in [7, 11) is -3.55. The number of piperidine rings is 1. The van der Waals surface area contributed by atoms with Crippen molar-refractivity contribution in [2.45, 2.75) is 37.1 Å². The highest BCUT2D eigenvalue weighted by Crippen LogP contribution is 2.25. The summed E-state index contributed by atoms with van der Waals surface area (Å²) in [5.41, 5.74) is 7.74. The Morgan fingerprint density at radius 3 is 2.70 bits per heavy atom. The smallest absolute Gasteiger partial charge is 0.246 e. The molecule has 0 spiro atoms. The second-order valence-electron chi connectivity index (χ2n) is 5.96. The van der Waals surface area contributed by atoms with Crippen LogP contribution in [0, 0.1) is 6.92 Å². The van der Waals surface area contributed by atoms with Gasteiger partial charge in [-0.1, -0.05) is 24.1 Å². The molecule has 3 rings (SSSR count). The summed E-state index contributed by atoms with van der Waals surface area (Å²) < 4.78 is 28.9. The molecule has 7 heteroatoms. The lowest BCUT2D eigenvalue weighted by atomic mass is 10.1. The topological polar surface area (TPSA) is 81.2 Å². The third-order valence-corrected chi connectivity index (χ3v) is 6.21. The van der Waals surface area contributed by atoms with Crippen molar-refractivity contribution in [3.63, 3.8) is 0 Å². The zero-order valence-electron chi connectivity index (χ0n) is 13.2. The molecule has 1 atom stereocenters. The first-order chi connectivity index (χ1) is 11.0. The summed E-state index contributed by atoms with van der Waals surface area (Å²) in [5.74, 6) is 0. The SMILES string of the molecule is Cc1ccc(-n2cc(S(=O)(=O)N3CCCCC3CN)cn2)cc1. The first-order valence-electron chi connectivity index (χ1n) is 7.86. The fraction of sp³-hybridized carbons (Fsp3) is 0.438. The minimum absolute atomic E-state index is 0.114. The number of nitrogens with zero attached hydrogens (tertiary/aromatic N) is 3. The van der Waals surface area contributed by atoms with Crippen LogP contribution in [-0.2, 0) is 10.0 Å². The predicted molar refractivity (Wildman–Crippen MR) is 88.9 cm³/mol. The zero-order valence-corrected chi connectivity index (χ0v) is 14.0. The van der Waals surface area contributed by atoms with E-state index in [0.29, 0.717) is 13.1 Å². The Labute approximate surface area is 137 Å². The molecule has 1 unspecified atom stereocenters. The van der Waals surface area contributed by atoms with E-state index < -0.39 is 10.0 Å². The lowest BCUT2D eigenvalue weighted by Crippen LogP contribution is -2.47. The molecular weight excluding hydrogens is 312 g/mol. The largest absolute Gasteiger partial charge is 0.329 e. The van der Waals surface area contributed by atoms with Crippen LogP contribution in [-0.4, -0.2) is 41.6 Å². The van der Waals surface area contributed by atoms with Crippen molar-refractivity contribution < 1.29 is 8.42 Å². The quantitative estimate of drug-likeness (QED) is 0.922. The Balaban J connectivity index is 1.90. The van der Waals surface area contributed by atoms with E-state index in [1.807, 2.05) is 31.2 Å². The first kappa shape index (κ1) is 16.2. The Morgan fingerprint density at radius 2 is 2.00 bits per heavy atom. The van der Waals surface area contributed by atoms with Gasteiger partial charge in [-0.2, -0.15) is 9.40 Å². The van der Waals surface area contributed by atoms with Crippen LogP contribution in [0.1, 0.15) is 24.8 Å².